The van der Waals surface area contributed by atoms with Crippen LogP contribution in [0.5, 0.6) is 0 Å². The van der Waals surface area contributed by atoms with Gasteiger partial charge in [0.2, 0.25) is 0 Å². The zero-order chi connectivity index (χ0) is 36.3. The molecule has 6 rings (SSSR count). The fourth-order valence-electron chi connectivity index (χ4n) is 4.71. The van der Waals surface area contributed by atoms with E-state index in [1.807, 2.05) is 72.8 Å². The number of carbonyl (C=O) groups is 2. The van der Waals surface area contributed by atoms with Crippen molar-refractivity contribution in [3.8, 4) is 11.1 Å². The van der Waals surface area contributed by atoms with Crippen LogP contribution in [0.15, 0.2) is 107 Å². The van der Waals surface area contributed by atoms with E-state index in [0.717, 1.165) is 60.1 Å². The molecule has 16 heteroatoms. The van der Waals surface area contributed by atoms with Gasteiger partial charge in [0.25, 0.3) is 32.1 Å². The minimum Gasteiger partial charge on any atom is -0.368 e. The average Bonchev–Trinajstić information content (AvgIpc) is 3.80. The quantitative estimate of drug-likeness (QED) is 0.153. The molecule has 6 N–H and O–H groups in total. The van der Waals surface area contributed by atoms with Gasteiger partial charge in [-0.25, -0.2) is 0 Å². The van der Waals surface area contributed by atoms with Gasteiger partial charge in [-0.05, 0) is 59.7 Å². The Hall–Kier alpha value is -5.42. The van der Waals surface area contributed by atoms with E-state index in [4.69, 9.17) is 9.11 Å². The summed E-state index contributed by atoms with van der Waals surface area (Å²) in [5.41, 5.74) is 6.35. The first kappa shape index (κ1) is 37.4. The van der Waals surface area contributed by atoms with E-state index >= 15 is 0 Å². The van der Waals surface area contributed by atoms with E-state index in [-0.39, 0.29) is 11.8 Å². The van der Waals surface area contributed by atoms with Crippen molar-refractivity contribution in [3.05, 3.63) is 119 Å². The van der Waals surface area contributed by atoms with Crippen LogP contribution in [0.4, 0.5) is 11.4 Å². The number of nitrogens with zero attached hydrogens (tertiary/aromatic N) is 2. The van der Waals surface area contributed by atoms with E-state index in [9.17, 15) is 26.4 Å². The van der Waals surface area contributed by atoms with Gasteiger partial charge in [-0.15, -0.1) is 0 Å². The van der Waals surface area contributed by atoms with E-state index in [1.54, 1.807) is 24.3 Å². The molecule has 0 saturated carbocycles. The molecule has 0 atom stereocenters. The summed E-state index contributed by atoms with van der Waals surface area (Å²) >= 11 is 0. The number of benzene rings is 4. The summed E-state index contributed by atoms with van der Waals surface area (Å²) < 4.78 is 51.7. The van der Waals surface area contributed by atoms with Gasteiger partial charge in [-0.2, -0.15) is 16.8 Å². The molecule has 4 aromatic rings. The maximum Gasteiger partial charge on any atom is 0.261 e. The van der Waals surface area contributed by atoms with Crippen molar-refractivity contribution in [3.63, 3.8) is 0 Å². The minimum absolute atomic E-state index is 0.183. The lowest BCUT2D eigenvalue weighted by molar-refractivity contribution is 0.101. The molecule has 2 aliphatic rings. The summed E-state index contributed by atoms with van der Waals surface area (Å²) in [4.78, 5) is 34.6. The topological polar surface area (TPSA) is 216 Å². The third-order valence-electron chi connectivity index (χ3n) is 6.76. The lowest BCUT2D eigenvalue weighted by Gasteiger charge is -2.10. The fraction of sp³-hybridized carbons (Fsp3) is 0.176. The van der Waals surface area contributed by atoms with E-state index in [0.29, 0.717) is 35.0 Å². The Morgan fingerprint density at radius 1 is 0.580 bits per heavy atom. The predicted octanol–water partition coefficient (Wildman–Crippen LogP) is 3.57. The number of anilines is 2. The average molecular weight is 721 g/mol. The lowest BCUT2D eigenvalue weighted by atomic mass is 10.0. The molecule has 0 fully saturated rings. The Morgan fingerprint density at radius 2 is 0.920 bits per heavy atom. The van der Waals surface area contributed by atoms with Gasteiger partial charge in [-0.3, -0.25) is 28.7 Å². The van der Waals surface area contributed by atoms with Gasteiger partial charge in [0, 0.05) is 46.7 Å². The second-order valence-corrected chi connectivity index (χ2v) is 13.9. The number of amides is 2. The highest BCUT2D eigenvalue weighted by molar-refractivity contribution is 7.85. The molecule has 2 heterocycles. The van der Waals surface area contributed by atoms with Crippen LogP contribution in [-0.4, -0.2) is 88.1 Å². The molecular weight excluding hydrogens is 685 g/mol. The zero-order valence-corrected chi connectivity index (χ0v) is 28.8. The molecular formula is C34H36N6O8S2. The maximum atomic E-state index is 12.8. The van der Waals surface area contributed by atoms with Gasteiger partial charge < -0.3 is 21.3 Å². The first-order valence-corrected chi connectivity index (χ1v) is 18.8. The van der Waals surface area contributed by atoms with E-state index < -0.39 is 20.2 Å². The van der Waals surface area contributed by atoms with Crippen LogP contribution < -0.4 is 21.3 Å². The molecule has 0 aliphatic carbocycles. The molecule has 50 heavy (non-hydrogen) atoms. The van der Waals surface area contributed by atoms with Crippen molar-refractivity contribution in [2.75, 3.05) is 49.3 Å². The van der Waals surface area contributed by atoms with Crippen molar-refractivity contribution < 1.29 is 35.5 Å². The Balaban J connectivity index is 0.000000496. The smallest absolute Gasteiger partial charge is 0.261 e. The van der Waals surface area contributed by atoms with Crippen LogP contribution in [0.25, 0.3) is 11.1 Å². The van der Waals surface area contributed by atoms with Crippen molar-refractivity contribution in [2.24, 2.45) is 9.98 Å². The third kappa shape index (κ3) is 12.6. The highest BCUT2D eigenvalue weighted by Crippen LogP contribution is 2.22. The molecule has 262 valence electrons. The Bertz CT molecular complexity index is 1950. The molecule has 14 nitrogen and oxygen atoms in total. The first-order chi connectivity index (χ1) is 23.6. The molecule has 2 aliphatic heterocycles. The van der Waals surface area contributed by atoms with Crippen LogP contribution in [0.1, 0.15) is 31.8 Å². The van der Waals surface area contributed by atoms with Crippen molar-refractivity contribution in [1.29, 1.82) is 0 Å². The number of amidine groups is 2. The second kappa shape index (κ2) is 16.8. The molecule has 0 saturated heterocycles. The molecule has 0 bridgehead atoms. The largest absolute Gasteiger partial charge is 0.368 e. The highest BCUT2D eigenvalue weighted by Gasteiger charge is 2.13. The van der Waals surface area contributed by atoms with Gasteiger partial charge >= 0.3 is 0 Å². The van der Waals surface area contributed by atoms with Crippen LogP contribution in [0.3, 0.4) is 0 Å². The zero-order valence-electron chi connectivity index (χ0n) is 27.1. The molecule has 0 unspecified atom stereocenters. The number of aliphatic imine (C=N–C) groups is 2. The summed E-state index contributed by atoms with van der Waals surface area (Å²) in [6, 6.07) is 30.1. The van der Waals surface area contributed by atoms with Gasteiger partial charge in [0.1, 0.15) is 11.7 Å². The minimum atomic E-state index is -3.67. The maximum absolute atomic E-state index is 12.8. The summed E-state index contributed by atoms with van der Waals surface area (Å²) in [7, 11) is -7.33. The van der Waals surface area contributed by atoms with Crippen LogP contribution in [0, 0.1) is 0 Å². The molecule has 0 aromatic heterocycles. The summed E-state index contributed by atoms with van der Waals surface area (Å²) in [6.45, 7) is 3.18. The van der Waals surface area contributed by atoms with Gasteiger partial charge in [0.15, 0.2) is 0 Å². The van der Waals surface area contributed by atoms with Crippen molar-refractivity contribution in [2.45, 2.75) is 0 Å². The van der Waals surface area contributed by atoms with Gasteiger partial charge in [-0.1, -0.05) is 48.5 Å². The normalized spacial score (nSPS) is 13.5. The van der Waals surface area contributed by atoms with Crippen molar-refractivity contribution >= 4 is 55.1 Å². The molecule has 2 amide bonds. The Labute approximate surface area is 290 Å². The van der Waals surface area contributed by atoms with E-state index in [2.05, 4.69) is 31.3 Å². The Morgan fingerprint density at radius 3 is 1.22 bits per heavy atom. The third-order valence-corrected chi connectivity index (χ3v) is 6.76. The Kier molecular flexibility index (Phi) is 12.6. The summed E-state index contributed by atoms with van der Waals surface area (Å²) in [6.07, 6.45) is 1.43. The lowest BCUT2D eigenvalue weighted by Crippen LogP contribution is -2.19. The second-order valence-electron chi connectivity index (χ2n) is 11.0. The first-order valence-electron chi connectivity index (χ1n) is 15.1. The number of nitrogens with one attached hydrogen (secondary N) is 4. The van der Waals surface area contributed by atoms with E-state index in [1.165, 1.54) is 0 Å². The molecule has 0 radical (unpaired) electrons. The van der Waals surface area contributed by atoms with Gasteiger partial charge in [0.05, 0.1) is 25.6 Å². The summed E-state index contributed by atoms with van der Waals surface area (Å²) in [5, 5.41) is 12.4. The molecule has 4 aromatic carbocycles. The summed E-state index contributed by atoms with van der Waals surface area (Å²) in [5.74, 6) is 1.34. The van der Waals surface area contributed by atoms with Crippen LogP contribution in [0.2, 0.25) is 0 Å². The predicted molar refractivity (Wildman–Crippen MR) is 194 cm³/mol. The monoisotopic (exact) mass is 720 g/mol. The van der Waals surface area contributed by atoms with Crippen LogP contribution >= 0.6 is 0 Å². The molecule has 0 spiro atoms. The standard InChI is InChI=1S/C32H28N6O2.2CH4O3S/c39-31(37-27-5-1-3-25(19-27)29-33-15-16-34-29)23-11-7-21(8-12-23)22-9-13-24(14-10-22)32(40)38-28-6-2-4-26(20-28)30-35-17-18-36-30;2*1-5(2,3)4/h1-14,19-20H,15-18H2,(H,33,34)(H,35,36)(H,37,39)(H,38,40);2*1H3,(H,2,3,4). The number of carbonyl (C=O) groups excluding carboxylic acids is 2. The van der Waals surface area contributed by atoms with Crippen LogP contribution in [-0.2, 0) is 20.2 Å². The fourth-order valence-corrected chi connectivity index (χ4v) is 4.71. The highest BCUT2D eigenvalue weighted by atomic mass is 32.2. The number of hydrogen-bond acceptors (Lipinski definition) is 10. The number of rotatable bonds is 7. The van der Waals surface area contributed by atoms with Crippen molar-refractivity contribution in [1.82, 2.24) is 10.6 Å². The SMILES string of the molecule is CS(=O)(=O)O.CS(=O)(=O)O.O=C(Nc1cccc(C2=NCCN2)c1)c1ccc(-c2ccc(C(=O)Nc3cccc(C4=NCCN4)c3)cc2)cc1. The number of hydrogen-bond donors (Lipinski definition) is 6.